The third-order valence-electron chi connectivity index (χ3n) is 4.78. The van der Waals surface area contributed by atoms with Gasteiger partial charge in [0.1, 0.15) is 23.8 Å². The Morgan fingerprint density at radius 2 is 1.81 bits per heavy atom. The zero-order chi connectivity index (χ0) is 18.6. The number of nitrogens with zero attached hydrogens (tertiary/aromatic N) is 3. The average Bonchev–Trinajstić information content (AvgIpc) is 2.70. The Balaban J connectivity index is 1.52. The van der Waals surface area contributed by atoms with E-state index < -0.39 is 0 Å². The molecule has 2 heterocycles. The van der Waals surface area contributed by atoms with E-state index in [1.807, 2.05) is 4.90 Å². The Morgan fingerprint density at radius 3 is 2.59 bits per heavy atom. The van der Waals surface area contributed by atoms with Gasteiger partial charge in [-0.1, -0.05) is 12.1 Å². The minimum atomic E-state index is -0.263. The van der Waals surface area contributed by atoms with E-state index in [1.165, 1.54) is 24.5 Å². The molecule has 1 aliphatic rings. The number of halogens is 2. The smallest absolute Gasteiger partial charge is 0.147 e. The molecule has 0 unspecified atom stereocenters. The Kier molecular flexibility index (Phi) is 5.11. The van der Waals surface area contributed by atoms with Crippen molar-refractivity contribution in [2.45, 2.75) is 6.42 Å². The number of aromatic nitrogens is 2. The van der Waals surface area contributed by atoms with Crippen molar-refractivity contribution in [3.05, 3.63) is 59.9 Å². The first-order valence-electron chi connectivity index (χ1n) is 9.09. The lowest BCUT2D eigenvalue weighted by Crippen LogP contribution is -2.43. The van der Waals surface area contributed by atoms with Gasteiger partial charge in [-0.15, -0.1) is 0 Å². The van der Waals surface area contributed by atoms with Gasteiger partial charge in [0.15, 0.2) is 0 Å². The van der Waals surface area contributed by atoms with Gasteiger partial charge in [0, 0.05) is 38.1 Å². The van der Waals surface area contributed by atoms with E-state index in [0.717, 1.165) is 31.7 Å². The first-order chi connectivity index (χ1) is 13.2. The fourth-order valence-corrected chi connectivity index (χ4v) is 3.33. The molecule has 0 aliphatic carbocycles. The second-order valence-corrected chi connectivity index (χ2v) is 6.58. The van der Waals surface area contributed by atoms with E-state index in [4.69, 9.17) is 0 Å². The van der Waals surface area contributed by atoms with E-state index in [0.29, 0.717) is 35.4 Å². The Hall–Kier alpha value is -2.80. The molecule has 0 saturated carbocycles. The summed E-state index contributed by atoms with van der Waals surface area (Å²) < 4.78 is 27.7. The molecule has 4 rings (SSSR count). The van der Waals surface area contributed by atoms with Crippen LogP contribution in [0.3, 0.4) is 0 Å². The van der Waals surface area contributed by atoms with Crippen LogP contribution in [-0.2, 0) is 6.42 Å². The molecule has 5 nitrogen and oxygen atoms in total. The van der Waals surface area contributed by atoms with Crippen LogP contribution in [0.2, 0.25) is 0 Å². The predicted octanol–water partition coefficient (Wildman–Crippen LogP) is 2.97. The van der Waals surface area contributed by atoms with Gasteiger partial charge in [0.25, 0.3) is 0 Å². The maximum absolute atomic E-state index is 14.7. The van der Waals surface area contributed by atoms with Crippen LogP contribution in [-0.4, -0.2) is 42.7 Å². The summed E-state index contributed by atoms with van der Waals surface area (Å²) in [6.45, 7) is 3.85. The van der Waals surface area contributed by atoms with Gasteiger partial charge in [0.05, 0.1) is 11.2 Å². The Labute approximate surface area is 156 Å². The van der Waals surface area contributed by atoms with Crippen LogP contribution in [0.5, 0.6) is 0 Å². The first-order valence-corrected chi connectivity index (χ1v) is 9.09. The summed E-state index contributed by atoms with van der Waals surface area (Å²) in [5.74, 6) is 0.0953. The van der Waals surface area contributed by atoms with Crippen molar-refractivity contribution >= 4 is 22.4 Å². The summed E-state index contributed by atoms with van der Waals surface area (Å²) in [5.41, 5.74) is 2.32. The van der Waals surface area contributed by atoms with Gasteiger partial charge < -0.3 is 15.5 Å². The molecule has 27 heavy (non-hydrogen) atoms. The quantitative estimate of drug-likeness (QED) is 0.724. The molecule has 0 spiro atoms. The standard InChI is InChI=1S/C20H21F2N5/c21-15-3-1-14(2-4-15)5-6-24-20-16-11-17(22)19(12-18(16)25-13-26-20)27-9-7-23-8-10-27/h1-4,11-13,23H,5-10H2,(H,24,25,26). The molecule has 0 amide bonds. The summed E-state index contributed by atoms with van der Waals surface area (Å²) in [4.78, 5) is 10.6. The van der Waals surface area contributed by atoms with Gasteiger partial charge in [-0.3, -0.25) is 0 Å². The molecule has 3 aromatic rings. The highest BCUT2D eigenvalue weighted by Gasteiger charge is 2.17. The number of nitrogens with one attached hydrogen (secondary N) is 2. The van der Waals surface area contributed by atoms with Crippen LogP contribution in [0.4, 0.5) is 20.3 Å². The molecule has 1 saturated heterocycles. The van der Waals surface area contributed by atoms with Crippen molar-refractivity contribution in [3.63, 3.8) is 0 Å². The molecule has 1 aliphatic heterocycles. The van der Waals surface area contributed by atoms with Gasteiger partial charge in [-0.2, -0.15) is 0 Å². The summed E-state index contributed by atoms with van der Waals surface area (Å²) >= 11 is 0. The minimum Gasteiger partial charge on any atom is -0.369 e. The van der Waals surface area contributed by atoms with Crippen LogP contribution in [0.15, 0.2) is 42.7 Å². The maximum Gasteiger partial charge on any atom is 0.147 e. The zero-order valence-electron chi connectivity index (χ0n) is 14.9. The third kappa shape index (κ3) is 3.98. The van der Waals surface area contributed by atoms with Gasteiger partial charge in [-0.25, -0.2) is 18.7 Å². The largest absolute Gasteiger partial charge is 0.369 e. The van der Waals surface area contributed by atoms with Crippen LogP contribution < -0.4 is 15.5 Å². The average molecular weight is 369 g/mol. The van der Waals surface area contributed by atoms with Crippen molar-refractivity contribution in [3.8, 4) is 0 Å². The van der Waals surface area contributed by atoms with Crippen LogP contribution >= 0.6 is 0 Å². The highest BCUT2D eigenvalue weighted by Crippen LogP contribution is 2.28. The van der Waals surface area contributed by atoms with E-state index in [-0.39, 0.29) is 11.6 Å². The SMILES string of the molecule is Fc1ccc(CCNc2ncnc3cc(N4CCNCC4)c(F)cc23)cc1. The molecule has 7 heteroatoms. The highest BCUT2D eigenvalue weighted by atomic mass is 19.1. The predicted molar refractivity (Wildman–Crippen MR) is 103 cm³/mol. The second kappa shape index (κ2) is 7.84. The molecule has 0 bridgehead atoms. The number of rotatable bonds is 5. The van der Waals surface area contributed by atoms with Crippen molar-refractivity contribution in [2.75, 3.05) is 42.9 Å². The molecular weight excluding hydrogens is 348 g/mol. The van der Waals surface area contributed by atoms with Crippen LogP contribution in [0.25, 0.3) is 10.9 Å². The monoisotopic (exact) mass is 369 g/mol. The maximum atomic E-state index is 14.7. The number of anilines is 2. The summed E-state index contributed by atoms with van der Waals surface area (Å²) in [5, 5.41) is 7.17. The van der Waals surface area contributed by atoms with Crippen LogP contribution in [0.1, 0.15) is 5.56 Å². The lowest BCUT2D eigenvalue weighted by Gasteiger charge is -2.29. The number of hydrogen-bond acceptors (Lipinski definition) is 5. The summed E-state index contributed by atoms with van der Waals surface area (Å²) in [7, 11) is 0. The van der Waals surface area contributed by atoms with E-state index in [1.54, 1.807) is 18.2 Å². The summed E-state index contributed by atoms with van der Waals surface area (Å²) in [6, 6.07) is 9.71. The van der Waals surface area contributed by atoms with Crippen molar-refractivity contribution < 1.29 is 8.78 Å². The molecule has 1 aromatic heterocycles. The van der Waals surface area contributed by atoms with Crippen molar-refractivity contribution in [1.82, 2.24) is 15.3 Å². The number of benzene rings is 2. The fraction of sp³-hybridized carbons (Fsp3) is 0.300. The molecule has 2 N–H and O–H groups in total. The van der Waals surface area contributed by atoms with Gasteiger partial charge in [-0.05, 0) is 36.2 Å². The molecule has 0 atom stereocenters. The van der Waals surface area contributed by atoms with Crippen molar-refractivity contribution in [2.24, 2.45) is 0 Å². The second-order valence-electron chi connectivity index (χ2n) is 6.58. The molecule has 140 valence electrons. The van der Waals surface area contributed by atoms with E-state index in [2.05, 4.69) is 20.6 Å². The van der Waals surface area contributed by atoms with E-state index >= 15 is 0 Å². The lowest BCUT2D eigenvalue weighted by atomic mass is 10.1. The topological polar surface area (TPSA) is 53.1 Å². The molecule has 1 fully saturated rings. The number of hydrogen-bond donors (Lipinski definition) is 2. The molecular formula is C20H21F2N5. The Morgan fingerprint density at radius 1 is 1.04 bits per heavy atom. The highest BCUT2D eigenvalue weighted by molar-refractivity contribution is 5.91. The van der Waals surface area contributed by atoms with Crippen molar-refractivity contribution in [1.29, 1.82) is 0 Å². The first kappa shape index (κ1) is 17.6. The number of fused-ring (bicyclic) bond motifs is 1. The normalized spacial score (nSPS) is 14.5. The Bertz CT molecular complexity index is 924. The zero-order valence-corrected chi connectivity index (χ0v) is 14.9. The van der Waals surface area contributed by atoms with Gasteiger partial charge in [0.2, 0.25) is 0 Å². The number of piperazine rings is 1. The van der Waals surface area contributed by atoms with Crippen LogP contribution in [0, 0.1) is 11.6 Å². The lowest BCUT2D eigenvalue weighted by molar-refractivity contribution is 0.567. The molecule has 0 radical (unpaired) electrons. The third-order valence-corrected chi connectivity index (χ3v) is 4.78. The van der Waals surface area contributed by atoms with E-state index in [9.17, 15) is 8.78 Å². The minimum absolute atomic E-state index is 0.246. The van der Waals surface area contributed by atoms with Gasteiger partial charge >= 0.3 is 0 Å². The molecule has 2 aromatic carbocycles. The summed E-state index contributed by atoms with van der Waals surface area (Å²) in [6.07, 6.45) is 2.20. The fourth-order valence-electron chi connectivity index (χ4n) is 3.33.